The van der Waals surface area contributed by atoms with E-state index in [0.717, 1.165) is 28.1 Å². The monoisotopic (exact) mass is 499 g/mol. The van der Waals surface area contributed by atoms with Crippen molar-refractivity contribution >= 4 is 39.8 Å². The molecule has 1 aliphatic rings. The molecule has 0 unspecified atom stereocenters. The minimum atomic E-state index is -0.361. The van der Waals surface area contributed by atoms with Crippen molar-refractivity contribution in [3.05, 3.63) is 113 Å². The minimum Gasteiger partial charge on any atom is -0.491 e. The van der Waals surface area contributed by atoms with Crippen molar-refractivity contribution < 1.29 is 23.5 Å². The van der Waals surface area contributed by atoms with E-state index in [2.05, 4.69) is 0 Å². The summed E-state index contributed by atoms with van der Waals surface area (Å²) >= 11 is 0.896. The van der Waals surface area contributed by atoms with Crippen LogP contribution in [0.5, 0.6) is 11.5 Å². The molecule has 5 nitrogen and oxygen atoms in total. The third-order valence-electron chi connectivity index (χ3n) is 5.71. The first-order valence-corrected chi connectivity index (χ1v) is 12.2. The maximum atomic E-state index is 13.1. The number of benzene rings is 4. The molecule has 4 aromatic rings. The van der Waals surface area contributed by atoms with Crippen molar-refractivity contribution in [2.45, 2.75) is 6.61 Å². The standard InChI is InChI=1S/C29H22FNO4S/c30-23-14-12-20(13-15-23)19-35-25-10-4-2-7-22(25)18-27-28(32)31(29(33)36-27)16-17-34-26-11-5-8-21-6-1-3-9-24(21)26/h1-15,18H,16-17,19H2/b27-18-. The van der Waals surface area contributed by atoms with E-state index < -0.39 is 0 Å². The van der Waals surface area contributed by atoms with Gasteiger partial charge in [-0.15, -0.1) is 0 Å². The van der Waals surface area contributed by atoms with Crippen molar-refractivity contribution in [3.8, 4) is 11.5 Å². The number of halogens is 1. The smallest absolute Gasteiger partial charge is 0.293 e. The zero-order valence-corrected chi connectivity index (χ0v) is 20.0. The number of amides is 2. The van der Waals surface area contributed by atoms with Gasteiger partial charge in [-0.3, -0.25) is 14.5 Å². The molecule has 5 rings (SSSR count). The molecule has 2 amide bonds. The van der Waals surface area contributed by atoms with E-state index in [1.165, 1.54) is 17.0 Å². The fourth-order valence-electron chi connectivity index (χ4n) is 3.88. The number of para-hydroxylation sites is 1. The molecule has 7 heteroatoms. The number of hydrogen-bond acceptors (Lipinski definition) is 5. The highest BCUT2D eigenvalue weighted by Crippen LogP contribution is 2.34. The number of carbonyl (C=O) groups is 2. The predicted octanol–water partition coefficient (Wildman–Crippen LogP) is 6.67. The Balaban J connectivity index is 1.25. The van der Waals surface area contributed by atoms with Crippen LogP contribution in [0.4, 0.5) is 9.18 Å². The average Bonchev–Trinajstić information content (AvgIpc) is 3.16. The molecule has 0 saturated carbocycles. The molecular weight excluding hydrogens is 477 g/mol. The van der Waals surface area contributed by atoms with Gasteiger partial charge in [-0.2, -0.15) is 0 Å². The zero-order valence-electron chi connectivity index (χ0n) is 19.2. The number of fused-ring (bicyclic) bond motifs is 1. The van der Waals surface area contributed by atoms with Gasteiger partial charge in [0.25, 0.3) is 11.1 Å². The van der Waals surface area contributed by atoms with Crippen molar-refractivity contribution in [1.82, 2.24) is 4.90 Å². The van der Waals surface area contributed by atoms with E-state index in [1.54, 1.807) is 24.3 Å². The first kappa shape index (κ1) is 23.6. The Bertz CT molecular complexity index is 1450. The van der Waals surface area contributed by atoms with Crippen LogP contribution in [-0.4, -0.2) is 29.2 Å². The maximum Gasteiger partial charge on any atom is 0.293 e. The van der Waals surface area contributed by atoms with Gasteiger partial charge in [0.2, 0.25) is 0 Å². The van der Waals surface area contributed by atoms with E-state index in [9.17, 15) is 14.0 Å². The highest BCUT2D eigenvalue weighted by molar-refractivity contribution is 8.18. The van der Waals surface area contributed by atoms with Crippen LogP contribution in [0.2, 0.25) is 0 Å². The van der Waals surface area contributed by atoms with Gasteiger partial charge in [0, 0.05) is 10.9 Å². The predicted molar refractivity (Wildman–Crippen MR) is 139 cm³/mol. The van der Waals surface area contributed by atoms with Crippen LogP contribution in [0.15, 0.2) is 95.9 Å². The van der Waals surface area contributed by atoms with Gasteiger partial charge >= 0.3 is 0 Å². The van der Waals surface area contributed by atoms with E-state index in [1.807, 2.05) is 60.7 Å². The lowest BCUT2D eigenvalue weighted by molar-refractivity contribution is -0.123. The van der Waals surface area contributed by atoms with E-state index in [4.69, 9.17) is 9.47 Å². The second-order valence-electron chi connectivity index (χ2n) is 8.11. The lowest BCUT2D eigenvalue weighted by Gasteiger charge is -2.14. The molecular formula is C29H22FNO4S. The molecule has 0 radical (unpaired) electrons. The minimum absolute atomic E-state index is 0.147. The summed E-state index contributed by atoms with van der Waals surface area (Å²) in [5.74, 6) is 0.605. The van der Waals surface area contributed by atoms with Crippen LogP contribution in [0, 0.1) is 5.82 Å². The number of nitrogens with zero attached hydrogens (tertiary/aromatic N) is 1. The van der Waals surface area contributed by atoms with Crippen LogP contribution in [0.25, 0.3) is 16.8 Å². The van der Waals surface area contributed by atoms with Crippen molar-refractivity contribution in [2.24, 2.45) is 0 Å². The van der Waals surface area contributed by atoms with Gasteiger partial charge < -0.3 is 9.47 Å². The summed E-state index contributed by atoms with van der Waals surface area (Å²) in [7, 11) is 0. The number of rotatable bonds is 8. The van der Waals surface area contributed by atoms with Crippen molar-refractivity contribution in [2.75, 3.05) is 13.2 Å². The van der Waals surface area contributed by atoms with Gasteiger partial charge in [0.15, 0.2) is 0 Å². The second kappa shape index (κ2) is 10.7. The molecule has 0 atom stereocenters. The van der Waals surface area contributed by atoms with Gasteiger partial charge in [-0.1, -0.05) is 66.7 Å². The van der Waals surface area contributed by atoms with E-state index in [-0.39, 0.29) is 36.7 Å². The van der Waals surface area contributed by atoms with Gasteiger partial charge in [-0.25, -0.2) is 4.39 Å². The molecule has 0 N–H and O–H groups in total. The summed E-state index contributed by atoms with van der Waals surface area (Å²) in [5, 5.41) is 1.70. The molecule has 1 aliphatic heterocycles. The van der Waals surface area contributed by atoms with Crippen molar-refractivity contribution in [1.29, 1.82) is 0 Å². The molecule has 1 saturated heterocycles. The number of hydrogen-bond donors (Lipinski definition) is 0. The Kier molecular flexibility index (Phi) is 7.00. The van der Waals surface area contributed by atoms with Gasteiger partial charge in [0.1, 0.15) is 30.5 Å². The summed E-state index contributed by atoms with van der Waals surface area (Å²) < 4.78 is 25.0. The van der Waals surface area contributed by atoms with Crippen LogP contribution < -0.4 is 9.47 Å². The highest BCUT2D eigenvalue weighted by atomic mass is 32.2. The molecule has 36 heavy (non-hydrogen) atoms. The second-order valence-corrected chi connectivity index (χ2v) is 9.11. The molecule has 4 aromatic carbocycles. The Morgan fingerprint density at radius 2 is 1.53 bits per heavy atom. The SMILES string of the molecule is O=C1S/C(=C\c2ccccc2OCc2ccc(F)cc2)C(=O)N1CCOc1cccc2ccccc12. The highest BCUT2D eigenvalue weighted by Gasteiger charge is 2.35. The first-order chi connectivity index (χ1) is 17.6. The van der Waals surface area contributed by atoms with Crippen molar-refractivity contribution in [3.63, 3.8) is 0 Å². The Morgan fingerprint density at radius 1 is 0.806 bits per heavy atom. The summed E-state index contributed by atoms with van der Waals surface area (Å²) in [6.45, 7) is 0.586. The van der Waals surface area contributed by atoms with Gasteiger partial charge in [-0.05, 0) is 53.1 Å². The van der Waals surface area contributed by atoms with Crippen LogP contribution in [0.1, 0.15) is 11.1 Å². The largest absolute Gasteiger partial charge is 0.491 e. The molecule has 0 aliphatic carbocycles. The summed E-state index contributed by atoms with van der Waals surface area (Å²) in [5.41, 5.74) is 1.50. The number of ether oxygens (including phenoxy) is 2. The quantitative estimate of drug-likeness (QED) is 0.253. The number of imide groups is 1. The summed E-state index contributed by atoms with van der Waals surface area (Å²) in [6.07, 6.45) is 1.66. The fourth-order valence-corrected chi connectivity index (χ4v) is 4.73. The molecule has 0 spiro atoms. The van der Waals surface area contributed by atoms with Crippen LogP contribution in [-0.2, 0) is 11.4 Å². The maximum absolute atomic E-state index is 13.1. The van der Waals surface area contributed by atoms with Gasteiger partial charge in [0.05, 0.1) is 11.4 Å². The number of thioether (sulfide) groups is 1. The van der Waals surface area contributed by atoms with E-state index >= 15 is 0 Å². The molecule has 1 heterocycles. The molecule has 1 fully saturated rings. The van der Waals surface area contributed by atoms with Crippen LogP contribution in [0.3, 0.4) is 0 Å². The summed E-state index contributed by atoms with van der Waals surface area (Å²) in [4.78, 5) is 27.1. The first-order valence-electron chi connectivity index (χ1n) is 11.4. The summed E-state index contributed by atoms with van der Waals surface area (Å²) in [6, 6.07) is 27.0. The topological polar surface area (TPSA) is 55.8 Å². The van der Waals surface area contributed by atoms with Crippen LogP contribution >= 0.6 is 11.8 Å². The number of carbonyl (C=O) groups excluding carboxylic acids is 2. The molecule has 0 bridgehead atoms. The third kappa shape index (κ3) is 5.26. The Labute approximate surface area is 212 Å². The fraction of sp³-hybridized carbons (Fsp3) is 0.103. The lowest BCUT2D eigenvalue weighted by Crippen LogP contribution is -2.32. The molecule has 0 aromatic heterocycles. The Hall–Kier alpha value is -4.10. The Morgan fingerprint density at radius 3 is 2.39 bits per heavy atom. The third-order valence-corrected chi connectivity index (χ3v) is 6.62. The average molecular weight is 500 g/mol. The lowest BCUT2D eigenvalue weighted by atomic mass is 10.1. The van der Waals surface area contributed by atoms with E-state index in [0.29, 0.717) is 22.0 Å². The molecule has 180 valence electrons. The normalized spacial score (nSPS) is 14.6. The zero-order chi connectivity index (χ0) is 24.9.